The van der Waals surface area contributed by atoms with Gasteiger partial charge in [0.15, 0.2) is 0 Å². The molecule has 1 aromatic carbocycles. The zero-order chi connectivity index (χ0) is 18.2. The molecule has 2 aromatic rings. The molecular weight excluding hydrogens is 328 g/mol. The number of carbonyl (C=O) groups is 1. The zero-order valence-corrected chi connectivity index (χ0v) is 15.0. The molecule has 1 atom stereocenters. The van der Waals surface area contributed by atoms with E-state index in [9.17, 15) is 4.79 Å². The molecule has 1 aliphatic rings. The van der Waals surface area contributed by atoms with Gasteiger partial charge in [-0.15, -0.1) is 10.2 Å². The highest BCUT2D eigenvalue weighted by molar-refractivity contribution is 5.86. The molecule has 1 saturated heterocycles. The fourth-order valence-electron chi connectivity index (χ4n) is 3.00. The summed E-state index contributed by atoms with van der Waals surface area (Å²) in [5, 5.41) is 11.7. The summed E-state index contributed by atoms with van der Waals surface area (Å²) in [5.41, 5.74) is 1.96. The predicted octanol–water partition coefficient (Wildman–Crippen LogP) is 2.74. The van der Waals surface area contributed by atoms with Gasteiger partial charge in [-0.05, 0) is 37.1 Å². The van der Waals surface area contributed by atoms with Crippen LogP contribution in [0.15, 0.2) is 48.5 Å². The largest absolute Gasteiger partial charge is 0.463 e. The van der Waals surface area contributed by atoms with Crippen molar-refractivity contribution < 1.29 is 9.53 Å². The average molecular weight is 352 g/mol. The molecule has 0 saturated carbocycles. The molecule has 0 spiro atoms. The second kappa shape index (κ2) is 9.10. The van der Waals surface area contributed by atoms with Gasteiger partial charge >= 0.3 is 5.97 Å². The molecule has 1 aromatic heterocycles. The van der Waals surface area contributed by atoms with E-state index in [0.29, 0.717) is 18.3 Å². The summed E-state index contributed by atoms with van der Waals surface area (Å²) in [6.07, 6.45) is 4.05. The third-order valence-electron chi connectivity index (χ3n) is 4.24. The number of hydrogen-bond acceptors (Lipinski definition) is 6. The second-order valence-electron chi connectivity index (χ2n) is 6.28. The summed E-state index contributed by atoms with van der Waals surface area (Å²) in [6, 6.07) is 14.6. The number of nitrogens with one attached hydrogen (secondary N) is 1. The third kappa shape index (κ3) is 5.39. The van der Waals surface area contributed by atoms with Gasteiger partial charge in [0.1, 0.15) is 5.82 Å². The van der Waals surface area contributed by atoms with Crippen molar-refractivity contribution in [3.63, 3.8) is 0 Å². The Morgan fingerprint density at radius 1 is 1.27 bits per heavy atom. The number of nitrogens with zero attached hydrogens (tertiary/aromatic N) is 3. The first-order valence-corrected chi connectivity index (χ1v) is 8.94. The molecule has 0 radical (unpaired) electrons. The van der Waals surface area contributed by atoms with Gasteiger partial charge in [0.25, 0.3) is 0 Å². The first-order chi connectivity index (χ1) is 12.7. The van der Waals surface area contributed by atoms with Crippen molar-refractivity contribution in [2.24, 2.45) is 0 Å². The SMILES string of the molecule is CCOC(=O)C=Cc1ccc(N[C@@H]2CCN(Cc3ccccc3)C2)nn1. The molecule has 3 rings (SSSR count). The minimum Gasteiger partial charge on any atom is -0.463 e. The number of hydrogen-bond donors (Lipinski definition) is 1. The number of rotatable bonds is 7. The van der Waals surface area contributed by atoms with E-state index in [-0.39, 0.29) is 5.97 Å². The molecule has 1 fully saturated rings. The van der Waals surface area contributed by atoms with Crippen LogP contribution < -0.4 is 5.32 Å². The predicted molar refractivity (Wildman–Crippen MR) is 101 cm³/mol. The molecule has 0 bridgehead atoms. The smallest absolute Gasteiger partial charge is 0.330 e. The number of aromatic nitrogens is 2. The lowest BCUT2D eigenvalue weighted by Crippen LogP contribution is -2.26. The molecule has 0 amide bonds. The first-order valence-electron chi connectivity index (χ1n) is 8.94. The van der Waals surface area contributed by atoms with E-state index in [2.05, 4.69) is 44.7 Å². The van der Waals surface area contributed by atoms with Gasteiger partial charge in [-0.1, -0.05) is 30.3 Å². The van der Waals surface area contributed by atoms with Crippen LogP contribution in [0.1, 0.15) is 24.6 Å². The third-order valence-corrected chi connectivity index (χ3v) is 4.24. The summed E-state index contributed by atoms with van der Waals surface area (Å²) >= 11 is 0. The van der Waals surface area contributed by atoms with Crippen molar-refractivity contribution in [3.05, 3.63) is 59.8 Å². The van der Waals surface area contributed by atoms with E-state index in [4.69, 9.17) is 4.74 Å². The Hall–Kier alpha value is -2.73. The number of benzene rings is 1. The van der Waals surface area contributed by atoms with Crippen molar-refractivity contribution in [2.45, 2.75) is 25.9 Å². The molecule has 2 heterocycles. The van der Waals surface area contributed by atoms with E-state index in [1.54, 1.807) is 13.0 Å². The van der Waals surface area contributed by atoms with Crippen LogP contribution in [0.4, 0.5) is 5.82 Å². The Morgan fingerprint density at radius 2 is 2.12 bits per heavy atom. The summed E-state index contributed by atoms with van der Waals surface area (Å²) < 4.78 is 4.84. The fourth-order valence-corrected chi connectivity index (χ4v) is 3.00. The number of ether oxygens (including phenoxy) is 1. The molecule has 1 aliphatic heterocycles. The number of esters is 1. The fraction of sp³-hybridized carbons (Fsp3) is 0.350. The van der Waals surface area contributed by atoms with Crippen molar-refractivity contribution in [1.29, 1.82) is 0 Å². The lowest BCUT2D eigenvalue weighted by atomic mass is 10.2. The van der Waals surface area contributed by atoms with Crippen LogP contribution in [0, 0.1) is 0 Å². The standard InChI is InChI=1S/C20H24N4O2/c1-2-26-20(25)11-9-17-8-10-19(23-22-17)21-18-12-13-24(15-18)14-16-6-4-3-5-7-16/h3-11,18H,2,12-15H2,1H3,(H,21,23)/t18-/m1/s1. The van der Waals surface area contributed by atoms with Crippen molar-refractivity contribution >= 4 is 17.9 Å². The van der Waals surface area contributed by atoms with Crippen molar-refractivity contribution in [1.82, 2.24) is 15.1 Å². The highest BCUT2D eigenvalue weighted by atomic mass is 16.5. The summed E-state index contributed by atoms with van der Waals surface area (Å²) in [5.74, 6) is 0.380. The maximum Gasteiger partial charge on any atom is 0.330 e. The van der Waals surface area contributed by atoms with Gasteiger partial charge in [-0.2, -0.15) is 0 Å². The molecule has 26 heavy (non-hydrogen) atoms. The Morgan fingerprint density at radius 3 is 2.85 bits per heavy atom. The topological polar surface area (TPSA) is 67.3 Å². The quantitative estimate of drug-likeness (QED) is 0.610. The number of anilines is 1. The lowest BCUT2D eigenvalue weighted by molar-refractivity contribution is -0.137. The average Bonchev–Trinajstić information content (AvgIpc) is 3.09. The molecule has 1 N–H and O–H groups in total. The summed E-state index contributed by atoms with van der Waals surface area (Å²) in [7, 11) is 0. The Bertz CT molecular complexity index is 731. The van der Waals surface area contributed by atoms with Gasteiger partial charge in [-0.3, -0.25) is 4.90 Å². The van der Waals surface area contributed by atoms with Crippen LogP contribution in [0.5, 0.6) is 0 Å². The van der Waals surface area contributed by atoms with Gasteiger partial charge in [-0.25, -0.2) is 4.79 Å². The Labute approximate surface area is 153 Å². The number of likely N-dealkylation sites (tertiary alicyclic amines) is 1. The maximum atomic E-state index is 11.3. The normalized spacial score (nSPS) is 17.5. The van der Waals surface area contributed by atoms with E-state index in [0.717, 1.165) is 31.9 Å². The molecule has 6 heteroatoms. The highest BCUT2D eigenvalue weighted by Crippen LogP contribution is 2.16. The molecule has 0 aliphatic carbocycles. The number of carbonyl (C=O) groups excluding carboxylic acids is 1. The Kier molecular flexibility index (Phi) is 6.33. The zero-order valence-electron chi connectivity index (χ0n) is 15.0. The van der Waals surface area contributed by atoms with Gasteiger partial charge in [0.2, 0.25) is 0 Å². The van der Waals surface area contributed by atoms with Crippen LogP contribution in [0.2, 0.25) is 0 Å². The molecule has 136 valence electrons. The van der Waals surface area contributed by atoms with Crippen LogP contribution in [0.3, 0.4) is 0 Å². The van der Waals surface area contributed by atoms with E-state index >= 15 is 0 Å². The van der Waals surface area contributed by atoms with Crippen LogP contribution in [-0.4, -0.2) is 46.8 Å². The van der Waals surface area contributed by atoms with E-state index < -0.39 is 0 Å². The van der Waals surface area contributed by atoms with Crippen LogP contribution >= 0.6 is 0 Å². The Balaban J connectivity index is 1.48. The lowest BCUT2D eigenvalue weighted by Gasteiger charge is -2.17. The van der Waals surface area contributed by atoms with E-state index in [1.807, 2.05) is 18.2 Å². The van der Waals surface area contributed by atoms with Gasteiger partial charge in [0, 0.05) is 31.8 Å². The minimum absolute atomic E-state index is 0.361. The molecule has 6 nitrogen and oxygen atoms in total. The van der Waals surface area contributed by atoms with Crippen LogP contribution in [0.25, 0.3) is 6.08 Å². The molecule has 0 unspecified atom stereocenters. The summed E-state index contributed by atoms with van der Waals surface area (Å²) in [6.45, 7) is 5.17. The molecular formula is C20H24N4O2. The monoisotopic (exact) mass is 352 g/mol. The van der Waals surface area contributed by atoms with Crippen molar-refractivity contribution in [2.75, 3.05) is 25.0 Å². The van der Waals surface area contributed by atoms with Crippen molar-refractivity contribution in [3.8, 4) is 0 Å². The second-order valence-corrected chi connectivity index (χ2v) is 6.28. The van der Waals surface area contributed by atoms with Gasteiger partial charge in [0.05, 0.1) is 12.3 Å². The van der Waals surface area contributed by atoms with Crippen LogP contribution in [-0.2, 0) is 16.1 Å². The van der Waals surface area contributed by atoms with Gasteiger partial charge < -0.3 is 10.1 Å². The first kappa shape index (κ1) is 18.1. The maximum absolute atomic E-state index is 11.3. The minimum atomic E-state index is -0.374. The highest BCUT2D eigenvalue weighted by Gasteiger charge is 2.22. The van der Waals surface area contributed by atoms with E-state index in [1.165, 1.54) is 11.6 Å². The summed E-state index contributed by atoms with van der Waals surface area (Å²) in [4.78, 5) is 13.7.